The molecule has 3 rings (SSSR count). The Labute approximate surface area is 143 Å². The molecule has 5 nitrogen and oxygen atoms in total. The van der Waals surface area contributed by atoms with Gasteiger partial charge in [0.2, 0.25) is 5.89 Å². The summed E-state index contributed by atoms with van der Waals surface area (Å²) in [6, 6.07) is 11.3. The second-order valence-electron chi connectivity index (χ2n) is 5.95. The molecule has 6 heteroatoms. The molecule has 0 atom stereocenters. The van der Waals surface area contributed by atoms with E-state index < -0.39 is 0 Å². The predicted molar refractivity (Wildman–Crippen MR) is 92.2 cm³/mol. The SMILES string of the molecule is Cl.NCc1nc(CN(CCc2ccccc2)C2CCCC2)no1. The molecule has 1 aliphatic carbocycles. The number of nitrogens with zero attached hydrogens (tertiary/aromatic N) is 3. The maximum atomic E-state index is 5.54. The Hall–Kier alpha value is -1.43. The van der Waals surface area contributed by atoms with E-state index in [9.17, 15) is 0 Å². The van der Waals surface area contributed by atoms with Gasteiger partial charge < -0.3 is 10.3 Å². The van der Waals surface area contributed by atoms with Crippen molar-refractivity contribution >= 4 is 12.4 Å². The van der Waals surface area contributed by atoms with Crippen molar-refractivity contribution in [3.63, 3.8) is 0 Å². The van der Waals surface area contributed by atoms with Crippen molar-refractivity contribution in [2.45, 2.75) is 51.2 Å². The van der Waals surface area contributed by atoms with Crippen LogP contribution in [0.1, 0.15) is 43.0 Å². The molecule has 1 aromatic heterocycles. The van der Waals surface area contributed by atoms with E-state index in [1.807, 2.05) is 0 Å². The van der Waals surface area contributed by atoms with Crippen LogP contribution in [0.25, 0.3) is 0 Å². The first-order valence-corrected chi connectivity index (χ1v) is 8.14. The Morgan fingerprint density at radius 3 is 2.57 bits per heavy atom. The summed E-state index contributed by atoms with van der Waals surface area (Å²) in [6.45, 7) is 2.09. The van der Waals surface area contributed by atoms with E-state index in [1.54, 1.807) is 0 Å². The molecule has 1 fully saturated rings. The van der Waals surface area contributed by atoms with Gasteiger partial charge in [-0.2, -0.15) is 4.98 Å². The zero-order valence-electron chi connectivity index (χ0n) is 13.4. The van der Waals surface area contributed by atoms with Gasteiger partial charge in [-0.15, -0.1) is 12.4 Å². The lowest BCUT2D eigenvalue weighted by Gasteiger charge is -2.27. The highest BCUT2D eigenvalue weighted by Gasteiger charge is 2.23. The number of aromatic nitrogens is 2. The van der Waals surface area contributed by atoms with Crippen LogP contribution in [0.2, 0.25) is 0 Å². The fourth-order valence-electron chi connectivity index (χ4n) is 3.20. The number of hydrogen-bond acceptors (Lipinski definition) is 5. The van der Waals surface area contributed by atoms with Crippen LogP contribution in [-0.4, -0.2) is 27.6 Å². The van der Waals surface area contributed by atoms with Crippen molar-refractivity contribution in [1.29, 1.82) is 0 Å². The molecular formula is C17H25ClN4O. The van der Waals surface area contributed by atoms with Crippen molar-refractivity contribution in [2.75, 3.05) is 6.54 Å². The number of benzene rings is 1. The van der Waals surface area contributed by atoms with Crippen LogP contribution >= 0.6 is 12.4 Å². The summed E-state index contributed by atoms with van der Waals surface area (Å²) in [4.78, 5) is 6.86. The van der Waals surface area contributed by atoms with E-state index in [0.717, 1.165) is 25.3 Å². The quantitative estimate of drug-likeness (QED) is 0.842. The molecule has 1 heterocycles. The first kappa shape index (κ1) is 17.9. The van der Waals surface area contributed by atoms with Gasteiger partial charge in [-0.1, -0.05) is 48.3 Å². The maximum Gasteiger partial charge on any atom is 0.240 e. The Balaban J connectivity index is 0.00000192. The average molecular weight is 337 g/mol. The number of rotatable bonds is 7. The average Bonchev–Trinajstić information content (AvgIpc) is 3.24. The lowest BCUT2D eigenvalue weighted by Crippen LogP contribution is -2.35. The summed E-state index contributed by atoms with van der Waals surface area (Å²) in [7, 11) is 0. The molecule has 2 aromatic rings. The summed E-state index contributed by atoms with van der Waals surface area (Å²) in [5, 5.41) is 4.05. The molecule has 0 radical (unpaired) electrons. The van der Waals surface area contributed by atoms with Gasteiger partial charge in [0.25, 0.3) is 0 Å². The smallest absolute Gasteiger partial charge is 0.240 e. The van der Waals surface area contributed by atoms with Crippen LogP contribution in [0.5, 0.6) is 0 Å². The second kappa shape index (κ2) is 9.01. The van der Waals surface area contributed by atoms with Crippen LogP contribution in [0.15, 0.2) is 34.9 Å². The second-order valence-corrected chi connectivity index (χ2v) is 5.95. The van der Waals surface area contributed by atoms with Crippen molar-refractivity contribution in [1.82, 2.24) is 15.0 Å². The minimum Gasteiger partial charge on any atom is -0.338 e. The molecule has 0 spiro atoms. The van der Waals surface area contributed by atoms with Gasteiger partial charge in [0.15, 0.2) is 5.82 Å². The van der Waals surface area contributed by atoms with E-state index in [0.29, 0.717) is 18.5 Å². The van der Waals surface area contributed by atoms with Crippen LogP contribution in [0.3, 0.4) is 0 Å². The zero-order valence-corrected chi connectivity index (χ0v) is 14.2. The van der Waals surface area contributed by atoms with Gasteiger partial charge in [-0.3, -0.25) is 4.90 Å². The van der Waals surface area contributed by atoms with Crippen LogP contribution < -0.4 is 5.73 Å². The molecule has 1 saturated carbocycles. The Morgan fingerprint density at radius 2 is 1.91 bits per heavy atom. The van der Waals surface area contributed by atoms with Gasteiger partial charge in [0.1, 0.15) is 0 Å². The van der Waals surface area contributed by atoms with Gasteiger partial charge in [0.05, 0.1) is 13.1 Å². The number of hydrogen-bond donors (Lipinski definition) is 1. The molecule has 2 N–H and O–H groups in total. The van der Waals surface area contributed by atoms with Crippen molar-refractivity contribution < 1.29 is 4.52 Å². The molecule has 0 bridgehead atoms. The van der Waals surface area contributed by atoms with E-state index >= 15 is 0 Å². The number of nitrogens with two attached hydrogens (primary N) is 1. The number of halogens is 1. The summed E-state index contributed by atoms with van der Waals surface area (Å²) < 4.78 is 5.13. The standard InChI is InChI=1S/C17H24N4O.ClH/c18-12-17-19-16(20-22-17)13-21(15-8-4-5-9-15)11-10-14-6-2-1-3-7-14;/h1-3,6-7,15H,4-5,8-13,18H2;1H. The first-order chi connectivity index (χ1) is 10.8. The Bertz CT molecular complexity index is 569. The van der Waals surface area contributed by atoms with Crippen LogP contribution in [-0.2, 0) is 19.5 Å². The van der Waals surface area contributed by atoms with Crippen LogP contribution in [0.4, 0.5) is 0 Å². The van der Waals surface area contributed by atoms with Crippen LogP contribution in [0, 0.1) is 0 Å². The minimum atomic E-state index is 0. The molecule has 1 aromatic carbocycles. The molecular weight excluding hydrogens is 312 g/mol. The minimum absolute atomic E-state index is 0. The fraction of sp³-hybridized carbons (Fsp3) is 0.529. The summed E-state index contributed by atoms with van der Waals surface area (Å²) in [5.41, 5.74) is 6.92. The van der Waals surface area contributed by atoms with Crippen molar-refractivity contribution in [2.24, 2.45) is 5.73 Å². The summed E-state index contributed by atoms with van der Waals surface area (Å²) in [5.74, 6) is 1.27. The van der Waals surface area contributed by atoms with E-state index in [1.165, 1.54) is 31.2 Å². The molecule has 0 amide bonds. The van der Waals surface area contributed by atoms with E-state index in [4.69, 9.17) is 10.3 Å². The maximum absolute atomic E-state index is 5.54. The van der Waals surface area contributed by atoms with Gasteiger partial charge in [-0.25, -0.2) is 0 Å². The van der Waals surface area contributed by atoms with E-state index in [2.05, 4.69) is 45.4 Å². The van der Waals surface area contributed by atoms with E-state index in [-0.39, 0.29) is 12.4 Å². The molecule has 126 valence electrons. The highest BCUT2D eigenvalue weighted by Crippen LogP contribution is 2.24. The third-order valence-electron chi connectivity index (χ3n) is 4.40. The lowest BCUT2D eigenvalue weighted by molar-refractivity contribution is 0.185. The molecule has 0 saturated heterocycles. The summed E-state index contributed by atoms with van der Waals surface area (Å²) >= 11 is 0. The first-order valence-electron chi connectivity index (χ1n) is 8.14. The van der Waals surface area contributed by atoms with Gasteiger partial charge in [-0.05, 0) is 24.8 Å². The highest BCUT2D eigenvalue weighted by atomic mass is 35.5. The normalized spacial score (nSPS) is 15.0. The van der Waals surface area contributed by atoms with Crippen molar-refractivity contribution in [3.05, 3.63) is 47.6 Å². The van der Waals surface area contributed by atoms with Crippen molar-refractivity contribution in [3.8, 4) is 0 Å². The predicted octanol–water partition coefficient (Wildman–Crippen LogP) is 2.94. The zero-order chi connectivity index (χ0) is 15.2. The molecule has 0 unspecified atom stereocenters. The fourth-order valence-corrected chi connectivity index (χ4v) is 3.20. The third kappa shape index (κ3) is 5.03. The molecule has 1 aliphatic rings. The van der Waals surface area contributed by atoms with Gasteiger partial charge in [0, 0.05) is 12.6 Å². The monoisotopic (exact) mass is 336 g/mol. The topological polar surface area (TPSA) is 68.2 Å². The lowest BCUT2D eigenvalue weighted by atomic mass is 10.1. The Morgan fingerprint density at radius 1 is 1.17 bits per heavy atom. The molecule has 0 aliphatic heterocycles. The Kier molecular flexibility index (Phi) is 7.02. The third-order valence-corrected chi connectivity index (χ3v) is 4.40. The molecule has 23 heavy (non-hydrogen) atoms. The summed E-state index contributed by atoms with van der Waals surface area (Å²) in [6.07, 6.45) is 6.26. The highest BCUT2D eigenvalue weighted by molar-refractivity contribution is 5.85. The van der Waals surface area contributed by atoms with Gasteiger partial charge >= 0.3 is 0 Å². The largest absolute Gasteiger partial charge is 0.338 e.